The fourth-order valence-corrected chi connectivity index (χ4v) is 3.70. The van der Waals surface area contributed by atoms with E-state index in [2.05, 4.69) is 5.32 Å². The number of hydrogen-bond donors (Lipinski definition) is 2. The summed E-state index contributed by atoms with van der Waals surface area (Å²) < 4.78 is 5.13. The van der Waals surface area contributed by atoms with Crippen molar-refractivity contribution in [3.05, 3.63) is 29.8 Å². The highest BCUT2D eigenvalue weighted by atomic mass is 16.5. The predicted octanol–water partition coefficient (Wildman–Crippen LogP) is 2.51. The molecule has 3 rings (SSSR count). The van der Waals surface area contributed by atoms with Gasteiger partial charge in [0, 0.05) is 12.6 Å². The minimum absolute atomic E-state index is 0.426. The summed E-state index contributed by atoms with van der Waals surface area (Å²) in [5.41, 5.74) is 0.955. The van der Waals surface area contributed by atoms with E-state index in [0.29, 0.717) is 12.6 Å². The molecule has 0 saturated heterocycles. The Balaban J connectivity index is 1.51. The standard InChI is InChI=1S/C16H23NO2/c1-19-14-6-4-12(5-7-14)16(18)10-17-15-9-11-2-3-13(15)8-11/h4-7,11,13,15-18H,2-3,8-10H2,1H3/t11-,13-,15-,16+/m0/s1. The zero-order chi connectivity index (χ0) is 13.2. The summed E-state index contributed by atoms with van der Waals surface area (Å²) in [6.45, 7) is 0.653. The number of hydrogen-bond acceptors (Lipinski definition) is 3. The maximum absolute atomic E-state index is 10.2. The molecule has 0 spiro atoms. The van der Waals surface area contributed by atoms with Crippen molar-refractivity contribution in [3.8, 4) is 5.75 Å². The largest absolute Gasteiger partial charge is 0.497 e. The molecule has 3 nitrogen and oxygen atoms in total. The zero-order valence-electron chi connectivity index (χ0n) is 11.5. The fraction of sp³-hybridized carbons (Fsp3) is 0.625. The summed E-state index contributed by atoms with van der Waals surface area (Å²) in [5, 5.41) is 13.8. The van der Waals surface area contributed by atoms with Crippen molar-refractivity contribution >= 4 is 0 Å². The third-order valence-electron chi connectivity index (χ3n) is 4.81. The van der Waals surface area contributed by atoms with Crippen LogP contribution < -0.4 is 10.1 Å². The summed E-state index contributed by atoms with van der Waals surface area (Å²) in [4.78, 5) is 0. The fourth-order valence-electron chi connectivity index (χ4n) is 3.70. The number of fused-ring (bicyclic) bond motifs is 2. The first kappa shape index (κ1) is 12.9. The monoisotopic (exact) mass is 261 g/mol. The van der Waals surface area contributed by atoms with Gasteiger partial charge in [-0.25, -0.2) is 0 Å². The maximum Gasteiger partial charge on any atom is 0.118 e. The molecule has 0 heterocycles. The highest BCUT2D eigenvalue weighted by molar-refractivity contribution is 5.28. The average molecular weight is 261 g/mol. The molecule has 0 radical (unpaired) electrons. The van der Waals surface area contributed by atoms with Crippen molar-refractivity contribution in [1.82, 2.24) is 5.32 Å². The van der Waals surface area contributed by atoms with Gasteiger partial charge in [-0.2, -0.15) is 0 Å². The van der Waals surface area contributed by atoms with Crippen LogP contribution in [0.15, 0.2) is 24.3 Å². The lowest BCUT2D eigenvalue weighted by molar-refractivity contribution is 0.163. The van der Waals surface area contributed by atoms with Gasteiger partial charge in [-0.15, -0.1) is 0 Å². The molecule has 1 aromatic carbocycles. The quantitative estimate of drug-likeness (QED) is 0.855. The summed E-state index contributed by atoms with van der Waals surface area (Å²) in [6.07, 6.45) is 5.08. The Labute approximate surface area is 115 Å². The van der Waals surface area contributed by atoms with Gasteiger partial charge in [0.05, 0.1) is 13.2 Å². The first-order valence-corrected chi connectivity index (χ1v) is 7.31. The molecule has 4 atom stereocenters. The van der Waals surface area contributed by atoms with E-state index in [4.69, 9.17) is 4.74 Å². The smallest absolute Gasteiger partial charge is 0.118 e. The van der Waals surface area contributed by atoms with Gasteiger partial charge in [0.25, 0.3) is 0 Å². The molecule has 2 aliphatic carbocycles. The van der Waals surface area contributed by atoms with Gasteiger partial charge in [0.1, 0.15) is 5.75 Å². The van der Waals surface area contributed by atoms with Crippen LogP contribution in [0.1, 0.15) is 37.4 Å². The van der Waals surface area contributed by atoms with Gasteiger partial charge in [-0.1, -0.05) is 18.6 Å². The van der Waals surface area contributed by atoms with Crippen molar-refractivity contribution in [2.24, 2.45) is 11.8 Å². The third-order valence-corrected chi connectivity index (χ3v) is 4.81. The van der Waals surface area contributed by atoms with Crippen LogP contribution in [0.25, 0.3) is 0 Å². The first-order valence-electron chi connectivity index (χ1n) is 7.31. The van der Waals surface area contributed by atoms with E-state index in [0.717, 1.165) is 23.1 Å². The van der Waals surface area contributed by atoms with Crippen molar-refractivity contribution in [1.29, 1.82) is 0 Å². The molecule has 0 aliphatic heterocycles. The van der Waals surface area contributed by atoms with Crippen LogP contribution >= 0.6 is 0 Å². The van der Waals surface area contributed by atoms with Crippen LogP contribution in [0.3, 0.4) is 0 Å². The molecular formula is C16H23NO2. The molecular weight excluding hydrogens is 238 g/mol. The molecule has 0 unspecified atom stereocenters. The Bertz CT molecular complexity index is 417. The van der Waals surface area contributed by atoms with E-state index in [1.165, 1.54) is 25.7 Å². The topological polar surface area (TPSA) is 41.5 Å². The van der Waals surface area contributed by atoms with E-state index in [1.807, 2.05) is 24.3 Å². The Kier molecular flexibility index (Phi) is 3.76. The van der Waals surface area contributed by atoms with Gasteiger partial charge in [0.15, 0.2) is 0 Å². The second kappa shape index (κ2) is 5.51. The zero-order valence-corrected chi connectivity index (χ0v) is 11.5. The number of aliphatic hydroxyl groups excluding tert-OH is 1. The molecule has 2 fully saturated rings. The van der Waals surface area contributed by atoms with E-state index < -0.39 is 6.10 Å². The summed E-state index contributed by atoms with van der Waals surface area (Å²) in [7, 11) is 1.65. The van der Waals surface area contributed by atoms with Crippen LogP contribution in [-0.2, 0) is 0 Å². The van der Waals surface area contributed by atoms with Crippen molar-refractivity contribution < 1.29 is 9.84 Å². The molecule has 3 heteroatoms. The van der Waals surface area contributed by atoms with E-state index in [-0.39, 0.29) is 0 Å². The number of benzene rings is 1. The Morgan fingerprint density at radius 3 is 2.63 bits per heavy atom. The molecule has 104 valence electrons. The highest BCUT2D eigenvalue weighted by Crippen LogP contribution is 2.44. The predicted molar refractivity (Wildman–Crippen MR) is 75.2 cm³/mol. The number of aliphatic hydroxyl groups is 1. The molecule has 19 heavy (non-hydrogen) atoms. The first-order chi connectivity index (χ1) is 9.26. The second-order valence-electron chi connectivity index (χ2n) is 5.98. The minimum atomic E-state index is -0.426. The Morgan fingerprint density at radius 2 is 2.05 bits per heavy atom. The van der Waals surface area contributed by atoms with Crippen LogP contribution in [0.5, 0.6) is 5.75 Å². The summed E-state index contributed by atoms with van der Waals surface area (Å²) in [5.74, 6) is 2.63. The van der Waals surface area contributed by atoms with Crippen LogP contribution in [-0.4, -0.2) is 24.8 Å². The van der Waals surface area contributed by atoms with Gasteiger partial charge in [-0.3, -0.25) is 0 Å². The number of rotatable bonds is 5. The molecule has 2 aliphatic rings. The maximum atomic E-state index is 10.2. The van der Waals surface area contributed by atoms with Gasteiger partial charge < -0.3 is 15.2 Å². The number of nitrogens with one attached hydrogen (secondary N) is 1. The molecule has 2 N–H and O–H groups in total. The van der Waals surface area contributed by atoms with Crippen LogP contribution in [0.4, 0.5) is 0 Å². The van der Waals surface area contributed by atoms with Crippen LogP contribution in [0.2, 0.25) is 0 Å². The number of methoxy groups -OCH3 is 1. The third kappa shape index (κ3) is 2.77. The lowest BCUT2D eigenvalue weighted by Crippen LogP contribution is -2.36. The average Bonchev–Trinajstić information content (AvgIpc) is 3.07. The Hall–Kier alpha value is -1.06. The summed E-state index contributed by atoms with van der Waals surface area (Å²) >= 11 is 0. The lowest BCUT2D eigenvalue weighted by atomic mass is 9.95. The molecule has 0 amide bonds. The number of ether oxygens (including phenoxy) is 1. The van der Waals surface area contributed by atoms with Crippen molar-refractivity contribution in [2.45, 2.75) is 37.8 Å². The molecule has 2 saturated carbocycles. The highest BCUT2D eigenvalue weighted by Gasteiger charge is 2.39. The molecule has 2 bridgehead atoms. The van der Waals surface area contributed by atoms with Crippen molar-refractivity contribution in [2.75, 3.05) is 13.7 Å². The SMILES string of the molecule is COc1ccc([C@H](O)CN[C@H]2C[C@H]3CC[C@H]2C3)cc1. The Morgan fingerprint density at radius 1 is 1.26 bits per heavy atom. The van der Waals surface area contributed by atoms with Crippen molar-refractivity contribution in [3.63, 3.8) is 0 Å². The van der Waals surface area contributed by atoms with Crippen LogP contribution in [0, 0.1) is 11.8 Å². The van der Waals surface area contributed by atoms with Gasteiger partial charge in [0.2, 0.25) is 0 Å². The van der Waals surface area contributed by atoms with E-state index >= 15 is 0 Å². The summed E-state index contributed by atoms with van der Waals surface area (Å²) in [6, 6.07) is 8.30. The normalized spacial score (nSPS) is 30.5. The minimum Gasteiger partial charge on any atom is -0.497 e. The molecule has 1 aromatic rings. The molecule has 0 aromatic heterocycles. The van der Waals surface area contributed by atoms with E-state index in [1.54, 1.807) is 7.11 Å². The van der Waals surface area contributed by atoms with Gasteiger partial charge >= 0.3 is 0 Å². The second-order valence-corrected chi connectivity index (χ2v) is 5.98. The van der Waals surface area contributed by atoms with Gasteiger partial charge in [-0.05, 0) is 48.8 Å². The van der Waals surface area contributed by atoms with E-state index in [9.17, 15) is 5.11 Å². The lowest BCUT2D eigenvalue weighted by Gasteiger charge is -2.24.